The molecule has 8 nitrogen and oxygen atoms in total. The predicted octanol–water partition coefficient (Wildman–Crippen LogP) is -0.166. The lowest BCUT2D eigenvalue weighted by molar-refractivity contribution is -0.162. The summed E-state index contributed by atoms with van der Waals surface area (Å²) in [5.41, 5.74) is -1.29. The van der Waals surface area contributed by atoms with Gasteiger partial charge >= 0.3 is 11.9 Å². The van der Waals surface area contributed by atoms with E-state index >= 15 is 0 Å². The quantitative estimate of drug-likeness (QED) is 0.340. The molecule has 4 N–H and O–H groups in total. The molecule has 4 atom stereocenters. The second kappa shape index (κ2) is 5.81. The van der Waals surface area contributed by atoms with E-state index in [1.165, 1.54) is 24.3 Å². The maximum Gasteiger partial charge on any atom is 0.338 e. The number of aliphatic hydroxyl groups excluding tert-OH is 1. The first-order valence-electron chi connectivity index (χ1n) is 7.31. The SMILES string of the molecule is O=C(/C=C/c1ccc(O)c(O)c1)O[C@@H]1C[C@]2(O)C[C@@H](OC2=O)[C@@H]1O. The van der Waals surface area contributed by atoms with Gasteiger partial charge in [-0.25, -0.2) is 9.59 Å². The number of phenols is 2. The van der Waals surface area contributed by atoms with Crippen LogP contribution in [-0.4, -0.2) is 56.3 Å². The average molecular weight is 336 g/mol. The Kier molecular flexibility index (Phi) is 3.94. The molecule has 2 fully saturated rings. The molecule has 1 heterocycles. The van der Waals surface area contributed by atoms with Crippen LogP contribution >= 0.6 is 0 Å². The number of fused-ring (bicyclic) bond motifs is 2. The van der Waals surface area contributed by atoms with E-state index in [0.29, 0.717) is 5.56 Å². The van der Waals surface area contributed by atoms with Crippen LogP contribution in [0.1, 0.15) is 18.4 Å². The van der Waals surface area contributed by atoms with Gasteiger partial charge in [-0.3, -0.25) is 0 Å². The molecule has 2 bridgehead atoms. The molecule has 0 spiro atoms. The number of ether oxygens (including phenoxy) is 2. The van der Waals surface area contributed by atoms with Crippen molar-refractivity contribution in [2.45, 2.75) is 36.8 Å². The van der Waals surface area contributed by atoms with Gasteiger partial charge in [-0.2, -0.15) is 0 Å². The highest BCUT2D eigenvalue weighted by atomic mass is 16.6. The minimum Gasteiger partial charge on any atom is -0.504 e. The number of carbonyl (C=O) groups excluding carboxylic acids is 2. The van der Waals surface area contributed by atoms with Crippen LogP contribution in [-0.2, 0) is 19.1 Å². The molecular formula is C16H16O8. The number of hydrogen-bond donors (Lipinski definition) is 4. The molecule has 1 aliphatic carbocycles. The topological polar surface area (TPSA) is 134 Å². The van der Waals surface area contributed by atoms with Crippen LogP contribution in [0.25, 0.3) is 6.08 Å². The predicted molar refractivity (Wildman–Crippen MR) is 78.8 cm³/mol. The Labute approximate surface area is 136 Å². The largest absolute Gasteiger partial charge is 0.504 e. The average Bonchev–Trinajstić information content (AvgIpc) is 2.78. The fourth-order valence-corrected chi connectivity index (χ4v) is 2.86. The van der Waals surface area contributed by atoms with Crippen LogP contribution in [0.2, 0.25) is 0 Å². The van der Waals surface area contributed by atoms with Crippen molar-refractivity contribution in [3.63, 3.8) is 0 Å². The van der Waals surface area contributed by atoms with Crippen LogP contribution in [0.4, 0.5) is 0 Å². The second-order valence-corrected chi connectivity index (χ2v) is 5.93. The van der Waals surface area contributed by atoms with Gasteiger partial charge in [0, 0.05) is 18.9 Å². The molecule has 1 saturated carbocycles. The van der Waals surface area contributed by atoms with E-state index in [0.717, 1.165) is 6.08 Å². The lowest BCUT2D eigenvalue weighted by atomic mass is 9.82. The van der Waals surface area contributed by atoms with Gasteiger partial charge < -0.3 is 29.9 Å². The summed E-state index contributed by atoms with van der Waals surface area (Å²) in [6.45, 7) is 0. The van der Waals surface area contributed by atoms with E-state index in [9.17, 15) is 30.0 Å². The Morgan fingerprint density at radius 3 is 2.75 bits per heavy atom. The molecule has 2 aliphatic rings. The van der Waals surface area contributed by atoms with Crippen molar-refractivity contribution in [3.05, 3.63) is 29.8 Å². The fraction of sp³-hybridized carbons (Fsp3) is 0.375. The van der Waals surface area contributed by atoms with Crippen molar-refractivity contribution in [1.29, 1.82) is 0 Å². The van der Waals surface area contributed by atoms with Crippen molar-refractivity contribution in [2.24, 2.45) is 0 Å². The smallest absolute Gasteiger partial charge is 0.338 e. The Bertz CT molecular complexity index is 712. The van der Waals surface area contributed by atoms with E-state index in [2.05, 4.69) is 0 Å². The van der Waals surface area contributed by atoms with Gasteiger partial charge in [0.1, 0.15) is 18.3 Å². The third kappa shape index (κ3) is 2.93. The number of rotatable bonds is 3. The zero-order valence-corrected chi connectivity index (χ0v) is 12.5. The monoisotopic (exact) mass is 336 g/mol. The number of benzene rings is 1. The highest BCUT2D eigenvalue weighted by Crippen LogP contribution is 2.39. The van der Waals surface area contributed by atoms with E-state index in [-0.39, 0.29) is 24.3 Å². The molecule has 1 aromatic carbocycles. The molecule has 0 amide bonds. The van der Waals surface area contributed by atoms with Crippen molar-refractivity contribution >= 4 is 18.0 Å². The lowest BCUT2D eigenvalue weighted by Gasteiger charge is -2.32. The number of hydrogen-bond acceptors (Lipinski definition) is 8. The fourth-order valence-electron chi connectivity index (χ4n) is 2.86. The lowest BCUT2D eigenvalue weighted by Crippen LogP contribution is -2.50. The Morgan fingerprint density at radius 2 is 2.04 bits per heavy atom. The summed E-state index contributed by atoms with van der Waals surface area (Å²) in [6.07, 6.45) is -1.000. The normalized spacial score (nSPS) is 31.9. The first-order valence-corrected chi connectivity index (χ1v) is 7.31. The highest BCUT2D eigenvalue weighted by Gasteiger charge is 2.58. The summed E-state index contributed by atoms with van der Waals surface area (Å²) in [5.74, 6) is -2.22. The van der Waals surface area contributed by atoms with E-state index in [1.54, 1.807) is 0 Å². The zero-order chi connectivity index (χ0) is 17.5. The molecule has 1 saturated heterocycles. The van der Waals surface area contributed by atoms with E-state index in [4.69, 9.17) is 9.47 Å². The molecule has 3 rings (SSSR count). The van der Waals surface area contributed by atoms with Crippen LogP contribution < -0.4 is 0 Å². The molecule has 1 aromatic rings. The van der Waals surface area contributed by atoms with Gasteiger partial charge in [0.05, 0.1) is 0 Å². The molecule has 0 aromatic heterocycles. The standard InChI is InChI=1S/C16H16O8/c17-9-3-1-8(5-10(9)18)2-4-13(19)23-11-6-16(22)7-12(14(11)20)24-15(16)21/h1-5,11-12,14,17-18,20,22H,6-7H2/b4-2+/t11-,12-,14-,16+/m1/s1. The first kappa shape index (κ1) is 16.3. The maximum atomic E-state index is 11.9. The number of aliphatic hydroxyl groups is 2. The van der Waals surface area contributed by atoms with Crippen LogP contribution in [0.3, 0.4) is 0 Å². The number of esters is 2. The molecule has 1 aliphatic heterocycles. The van der Waals surface area contributed by atoms with Gasteiger partial charge in [0.15, 0.2) is 17.1 Å². The van der Waals surface area contributed by atoms with Crippen molar-refractivity contribution in [1.82, 2.24) is 0 Å². The van der Waals surface area contributed by atoms with Gasteiger partial charge in [-0.15, -0.1) is 0 Å². The second-order valence-electron chi connectivity index (χ2n) is 5.93. The zero-order valence-electron chi connectivity index (χ0n) is 12.5. The minimum atomic E-state index is -1.73. The third-order valence-electron chi connectivity index (χ3n) is 4.16. The maximum absolute atomic E-state index is 11.9. The number of carbonyl (C=O) groups is 2. The molecule has 8 heteroatoms. The van der Waals surface area contributed by atoms with E-state index in [1.807, 2.05) is 0 Å². The minimum absolute atomic E-state index is 0.0241. The Morgan fingerprint density at radius 1 is 1.29 bits per heavy atom. The first-order chi connectivity index (χ1) is 11.3. The Hall–Kier alpha value is -2.58. The summed E-state index contributed by atoms with van der Waals surface area (Å²) < 4.78 is 9.96. The summed E-state index contributed by atoms with van der Waals surface area (Å²) in [7, 11) is 0. The van der Waals surface area contributed by atoms with Crippen molar-refractivity contribution in [3.8, 4) is 11.5 Å². The van der Waals surface area contributed by atoms with Gasteiger partial charge in [0.2, 0.25) is 0 Å². The van der Waals surface area contributed by atoms with Crippen molar-refractivity contribution in [2.75, 3.05) is 0 Å². The van der Waals surface area contributed by atoms with Crippen LogP contribution in [0.15, 0.2) is 24.3 Å². The summed E-state index contributed by atoms with van der Waals surface area (Å²) in [6, 6.07) is 4.00. The molecule has 24 heavy (non-hydrogen) atoms. The molecular weight excluding hydrogens is 320 g/mol. The third-order valence-corrected chi connectivity index (χ3v) is 4.16. The summed E-state index contributed by atoms with van der Waals surface area (Å²) in [4.78, 5) is 23.4. The molecule has 128 valence electrons. The number of phenolic OH excluding ortho intramolecular Hbond substituents is 2. The van der Waals surface area contributed by atoms with Gasteiger partial charge in [-0.1, -0.05) is 6.07 Å². The van der Waals surface area contributed by atoms with Crippen molar-refractivity contribution < 1.29 is 39.5 Å². The number of aromatic hydroxyl groups is 2. The van der Waals surface area contributed by atoms with Crippen LogP contribution in [0, 0.1) is 0 Å². The van der Waals surface area contributed by atoms with Crippen LogP contribution in [0.5, 0.6) is 11.5 Å². The molecule has 0 radical (unpaired) electrons. The van der Waals surface area contributed by atoms with E-state index < -0.39 is 35.9 Å². The summed E-state index contributed by atoms with van der Waals surface area (Å²) >= 11 is 0. The molecule has 0 unspecified atom stereocenters. The highest BCUT2D eigenvalue weighted by molar-refractivity contribution is 5.87. The summed E-state index contributed by atoms with van der Waals surface area (Å²) in [5, 5.41) is 38.7. The van der Waals surface area contributed by atoms with Gasteiger partial charge in [0.25, 0.3) is 0 Å². The van der Waals surface area contributed by atoms with Gasteiger partial charge in [-0.05, 0) is 23.8 Å². The Balaban J connectivity index is 1.65.